The van der Waals surface area contributed by atoms with Gasteiger partial charge >= 0.3 is 0 Å². The third kappa shape index (κ3) is 2.95. The molecule has 0 aliphatic carbocycles. The number of benzene rings is 1. The maximum Gasteiger partial charge on any atom is 0.163 e. The van der Waals surface area contributed by atoms with Crippen molar-refractivity contribution in [2.75, 3.05) is 16.4 Å². The summed E-state index contributed by atoms with van der Waals surface area (Å²) in [7, 11) is 0. The summed E-state index contributed by atoms with van der Waals surface area (Å²) < 4.78 is 5.69. The van der Waals surface area contributed by atoms with E-state index in [0.717, 1.165) is 11.8 Å². The van der Waals surface area contributed by atoms with E-state index < -0.39 is 6.17 Å². The first-order valence-electron chi connectivity index (χ1n) is 7.83. The summed E-state index contributed by atoms with van der Waals surface area (Å²) >= 11 is 6.32. The lowest BCUT2D eigenvalue weighted by Gasteiger charge is -2.32. The third-order valence-corrected chi connectivity index (χ3v) is 4.29. The standard InChI is InChI=1S/C17H19ClN4O2/c1-3-24-12(2)22-14(10-23)21(9-13-7-5-4-6-8-13)15-16(18)19-11-20-17(15)22/h4-8,10-12,14H,3,9H2,1-2H3. The minimum absolute atomic E-state index is 0.310. The number of hydrogen-bond acceptors (Lipinski definition) is 6. The molecule has 0 saturated heterocycles. The molecule has 0 bridgehead atoms. The molecule has 1 aliphatic rings. The quantitative estimate of drug-likeness (QED) is 0.592. The fourth-order valence-electron chi connectivity index (χ4n) is 2.99. The summed E-state index contributed by atoms with van der Waals surface area (Å²) in [4.78, 5) is 24.0. The summed E-state index contributed by atoms with van der Waals surface area (Å²) in [5.74, 6) is 0.615. The van der Waals surface area contributed by atoms with Gasteiger partial charge in [-0.3, -0.25) is 4.79 Å². The van der Waals surface area contributed by atoms with Crippen LogP contribution in [0.25, 0.3) is 0 Å². The molecule has 1 aliphatic heterocycles. The molecule has 0 radical (unpaired) electrons. The van der Waals surface area contributed by atoms with Crippen LogP contribution in [-0.2, 0) is 16.1 Å². The second-order valence-electron chi connectivity index (χ2n) is 5.46. The predicted octanol–water partition coefficient (Wildman–Crippen LogP) is 2.86. The molecule has 2 unspecified atom stereocenters. The Morgan fingerprint density at radius 3 is 2.75 bits per heavy atom. The van der Waals surface area contributed by atoms with Crippen LogP contribution in [0.4, 0.5) is 11.5 Å². The zero-order valence-corrected chi connectivity index (χ0v) is 14.3. The maximum atomic E-state index is 11.9. The Labute approximate surface area is 146 Å². The van der Waals surface area contributed by atoms with E-state index in [2.05, 4.69) is 9.97 Å². The van der Waals surface area contributed by atoms with Gasteiger partial charge in [0.25, 0.3) is 0 Å². The molecule has 7 heteroatoms. The summed E-state index contributed by atoms with van der Waals surface area (Å²) in [6.45, 7) is 4.87. The fourth-order valence-corrected chi connectivity index (χ4v) is 3.23. The second kappa shape index (κ2) is 7.15. The van der Waals surface area contributed by atoms with Crippen molar-refractivity contribution in [3.05, 3.63) is 47.4 Å². The largest absolute Gasteiger partial charge is 0.359 e. The summed E-state index contributed by atoms with van der Waals surface area (Å²) in [6, 6.07) is 9.90. The van der Waals surface area contributed by atoms with Gasteiger partial charge in [0.1, 0.15) is 18.2 Å². The van der Waals surface area contributed by atoms with Gasteiger partial charge in [0.05, 0.1) is 0 Å². The number of carbonyl (C=O) groups excluding carboxylic acids is 1. The first-order valence-corrected chi connectivity index (χ1v) is 8.21. The van der Waals surface area contributed by atoms with Crippen LogP contribution in [0.3, 0.4) is 0 Å². The Morgan fingerprint density at radius 2 is 2.08 bits per heavy atom. The number of nitrogens with zero attached hydrogens (tertiary/aromatic N) is 4. The van der Waals surface area contributed by atoms with Crippen LogP contribution in [0.2, 0.25) is 5.15 Å². The highest BCUT2D eigenvalue weighted by molar-refractivity contribution is 6.33. The zero-order valence-electron chi connectivity index (χ0n) is 13.6. The van der Waals surface area contributed by atoms with Gasteiger partial charge in [0.2, 0.25) is 0 Å². The molecule has 0 spiro atoms. The van der Waals surface area contributed by atoms with E-state index in [1.807, 2.05) is 54.0 Å². The first-order chi connectivity index (χ1) is 11.7. The number of aromatic nitrogens is 2. The molecule has 1 aromatic heterocycles. The molecule has 24 heavy (non-hydrogen) atoms. The van der Waals surface area contributed by atoms with E-state index in [1.54, 1.807) is 0 Å². The number of ether oxygens (including phenoxy) is 1. The minimum Gasteiger partial charge on any atom is -0.359 e. The third-order valence-electron chi connectivity index (χ3n) is 4.01. The van der Waals surface area contributed by atoms with Gasteiger partial charge in [-0.1, -0.05) is 41.9 Å². The molecule has 0 saturated carbocycles. The molecule has 0 N–H and O–H groups in total. The lowest BCUT2D eigenvalue weighted by Crippen LogP contribution is -2.49. The van der Waals surface area contributed by atoms with E-state index in [-0.39, 0.29) is 6.23 Å². The molecule has 0 amide bonds. The lowest BCUT2D eigenvalue weighted by atomic mass is 10.2. The van der Waals surface area contributed by atoms with Crippen molar-refractivity contribution in [2.24, 2.45) is 0 Å². The fraction of sp³-hybridized carbons (Fsp3) is 0.353. The predicted molar refractivity (Wildman–Crippen MR) is 93.1 cm³/mol. The van der Waals surface area contributed by atoms with Crippen LogP contribution in [-0.4, -0.2) is 35.3 Å². The molecule has 1 aromatic carbocycles. The number of anilines is 2. The normalized spacial score (nSPS) is 17.7. The molecule has 6 nitrogen and oxygen atoms in total. The molecule has 2 heterocycles. The van der Waals surface area contributed by atoms with Crippen molar-refractivity contribution in [1.82, 2.24) is 9.97 Å². The molecule has 2 aromatic rings. The molecular formula is C17H19ClN4O2. The highest BCUT2D eigenvalue weighted by atomic mass is 35.5. The van der Waals surface area contributed by atoms with Crippen LogP contribution < -0.4 is 9.80 Å². The van der Waals surface area contributed by atoms with Crippen molar-refractivity contribution in [3.8, 4) is 0 Å². The Bertz CT molecular complexity index is 713. The Kier molecular flexibility index (Phi) is 4.97. The number of aldehydes is 1. The van der Waals surface area contributed by atoms with Gasteiger partial charge in [-0.15, -0.1) is 0 Å². The van der Waals surface area contributed by atoms with Crippen LogP contribution in [0.1, 0.15) is 19.4 Å². The van der Waals surface area contributed by atoms with Gasteiger partial charge in [-0.2, -0.15) is 0 Å². The number of hydrogen-bond donors (Lipinski definition) is 0. The maximum absolute atomic E-state index is 11.9. The molecule has 2 atom stereocenters. The van der Waals surface area contributed by atoms with Crippen LogP contribution in [0, 0.1) is 0 Å². The highest BCUT2D eigenvalue weighted by Gasteiger charge is 2.41. The van der Waals surface area contributed by atoms with Gasteiger partial charge in [-0.05, 0) is 19.4 Å². The van der Waals surface area contributed by atoms with Crippen LogP contribution in [0.5, 0.6) is 0 Å². The lowest BCUT2D eigenvalue weighted by molar-refractivity contribution is -0.109. The SMILES string of the molecule is CCOC(C)N1c2ncnc(Cl)c2N(Cc2ccccc2)C1C=O. The second-order valence-corrected chi connectivity index (χ2v) is 5.82. The van der Waals surface area contributed by atoms with E-state index >= 15 is 0 Å². The Balaban J connectivity index is 2.03. The molecule has 0 fully saturated rings. The number of fused-ring (bicyclic) bond motifs is 1. The van der Waals surface area contributed by atoms with Gasteiger partial charge in [0, 0.05) is 13.2 Å². The van der Waals surface area contributed by atoms with Crippen LogP contribution in [0.15, 0.2) is 36.7 Å². The highest BCUT2D eigenvalue weighted by Crippen LogP contribution is 2.43. The van der Waals surface area contributed by atoms with Crippen molar-refractivity contribution in [2.45, 2.75) is 32.8 Å². The average molecular weight is 347 g/mol. The number of rotatable bonds is 6. The number of halogens is 1. The van der Waals surface area contributed by atoms with Gasteiger partial charge in [-0.25, -0.2) is 9.97 Å². The molecule has 126 valence electrons. The van der Waals surface area contributed by atoms with Crippen molar-refractivity contribution in [1.29, 1.82) is 0 Å². The summed E-state index contributed by atoms with van der Waals surface area (Å²) in [5.41, 5.74) is 1.73. The van der Waals surface area contributed by atoms with E-state index in [0.29, 0.717) is 29.8 Å². The zero-order chi connectivity index (χ0) is 17.1. The average Bonchev–Trinajstić information content (AvgIpc) is 2.91. The van der Waals surface area contributed by atoms with Crippen molar-refractivity contribution in [3.63, 3.8) is 0 Å². The van der Waals surface area contributed by atoms with E-state index in [1.165, 1.54) is 6.33 Å². The first kappa shape index (κ1) is 16.7. The van der Waals surface area contributed by atoms with Crippen LogP contribution >= 0.6 is 11.6 Å². The topological polar surface area (TPSA) is 58.6 Å². The Hall–Kier alpha value is -2.18. The van der Waals surface area contributed by atoms with E-state index in [4.69, 9.17) is 16.3 Å². The number of carbonyl (C=O) groups is 1. The Morgan fingerprint density at radius 1 is 1.33 bits per heavy atom. The smallest absolute Gasteiger partial charge is 0.163 e. The van der Waals surface area contributed by atoms with Crippen molar-refractivity contribution >= 4 is 29.4 Å². The molecule has 3 rings (SSSR count). The minimum atomic E-state index is -0.545. The molecular weight excluding hydrogens is 328 g/mol. The van der Waals surface area contributed by atoms with Crippen molar-refractivity contribution < 1.29 is 9.53 Å². The monoisotopic (exact) mass is 346 g/mol. The van der Waals surface area contributed by atoms with Gasteiger partial charge in [0.15, 0.2) is 23.4 Å². The summed E-state index contributed by atoms with van der Waals surface area (Å²) in [6.07, 6.45) is 1.43. The van der Waals surface area contributed by atoms with E-state index in [9.17, 15) is 4.79 Å². The summed E-state index contributed by atoms with van der Waals surface area (Å²) in [5, 5.41) is 0.328. The van der Waals surface area contributed by atoms with Gasteiger partial charge < -0.3 is 14.5 Å².